The van der Waals surface area contributed by atoms with Crippen LogP contribution in [0.1, 0.15) is 37.3 Å². The van der Waals surface area contributed by atoms with Gasteiger partial charge in [-0.05, 0) is 25.0 Å². The first-order chi connectivity index (χ1) is 14.5. The molecule has 0 aromatic carbocycles. The Labute approximate surface area is 191 Å². The molecular formula is C19H25ClN4O5S2. The normalized spacial score (nSPS) is 20.0. The highest BCUT2D eigenvalue weighted by atomic mass is 35.5. The van der Waals surface area contributed by atoms with Crippen molar-refractivity contribution in [1.82, 2.24) is 19.8 Å². The number of rotatable bonds is 5. The summed E-state index contributed by atoms with van der Waals surface area (Å²) in [6, 6.07) is 3.97. The molecule has 0 spiro atoms. The van der Waals surface area contributed by atoms with E-state index in [0.717, 1.165) is 16.3 Å². The number of hydroxylamine groups is 1. The Morgan fingerprint density at radius 3 is 2.48 bits per heavy atom. The number of halogens is 1. The van der Waals surface area contributed by atoms with Crippen molar-refractivity contribution in [2.75, 3.05) is 26.3 Å². The number of thiazole rings is 1. The van der Waals surface area contributed by atoms with Gasteiger partial charge in [-0.3, -0.25) is 15.0 Å². The summed E-state index contributed by atoms with van der Waals surface area (Å²) < 4.78 is 31.7. The fourth-order valence-electron chi connectivity index (χ4n) is 4.18. The summed E-state index contributed by atoms with van der Waals surface area (Å²) in [5.74, 6) is -0.730. The van der Waals surface area contributed by atoms with E-state index in [1.165, 1.54) is 4.31 Å². The monoisotopic (exact) mass is 488 g/mol. The van der Waals surface area contributed by atoms with Gasteiger partial charge < -0.3 is 4.74 Å². The molecule has 2 saturated heterocycles. The van der Waals surface area contributed by atoms with Crippen LogP contribution in [-0.4, -0.2) is 64.9 Å². The third kappa shape index (κ3) is 4.48. The molecule has 4 rings (SSSR count). The van der Waals surface area contributed by atoms with Crippen molar-refractivity contribution < 1.29 is 23.2 Å². The third-order valence-electron chi connectivity index (χ3n) is 5.99. The molecule has 0 unspecified atom stereocenters. The Bertz CT molecular complexity index is 971. The Balaban J connectivity index is 0.00000272. The van der Waals surface area contributed by atoms with Crippen LogP contribution in [0.25, 0.3) is 10.6 Å². The number of piperidine rings is 1. The molecule has 2 aromatic rings. The van der Waals surface area contributed by atoms with Crippen molar-refractivity contribution in [2.24, 2.45) is 0 Å². The number of carbonyl (C=O) groups is 1. The minimum atomic E-state index is -3.95. The summed E-state index contributed by atoms with van der Waals surface area (Å²) in [6.45, 7) is 0.950. The first kappa shape index (κ1) is 24.0. The molecule has 0 aliphatic carbocycles. The van der Waals surface area contributed by atoms with Crippen molar-refractivity contribution in [3.63, 3.8) is 0 Å². The lowest BCUT2D eigenvalue weighted by atomic mass is 9.94. The minimum absolute atomic E-state index is 0. The number of aromatic nitrogens is 2. The molecule has 0 saturated carbocycles. The van der Waals surface area contributed by atoms with Crippen LogP contribution in [0.4, 0.5) is 0 Å². The van der Waals surface area contributed by atoms with Gasteiger partial charge in [0.25, 0.3) is 5.91 Å². The van der Waals surface area contributed by atoms with Gasteiger partial charge in [-0.25, -0.2) is 23.2 Å². The molecule has 0 bridgehead atoms. The van der Waals surface area contributed by atoms with Crippen LogP contribution in [0.3, 0.4) is 0 Å². The SMILES string of the molecule is Cl.O=C(NO)C1(S(=O)(=O)N2CCC(c3ccc(-c4nccs4)cn3)CC2)CCOCC1. The van der Waals surface area contributed by atoms with Gasteiger partial charge in [-0.1, -0.05) is 0 Å². The molecule has 2 aliphatic rings. The van der Waals surface area contributed by atoms with Gasteiger partial charge in [0.15, 0.2) is 4.75 Å². The van der Waals surface area contributed by atoms with Gasteiger partial charge in [0, 0.05) is 74.1 Å². The number of carbonyl (C=O) groups excluding carboxylic acids is 1. The third-order valence-corrected chi connectivity index (χ3v) is 9.44. The van der Waals surface area contributed by atoms with Crippen LogP contribution in [-0.2, 0) is 19.6 Å². The summed E-state index contributed by atoms with van der Waals surface area (Å²) in [4.78, 5) is 21.2. The summed E-state index contributed by atoms with van der Waals surface area (Å²) in [5.41, 5.74) is 3.45. The van der Waals surface area contributed by atoms with Crippen LogP contribution < -0.4 is 5.48 Å². The van der Waals surface area contributed by atoms with E-state index in [1.807, 2.05) is 17.5 Å². The molecule has 1 amide bonds. The zero-order chi connectivity index (χ0) is 21.2. The zero-order valence-corrected chi connectivity index (χ0v) is 19.2. The predicted molar refractivity (Wildman–Crippen MR) is 118 cm³/mol. The summed E-state index contributed by atoms with van der Waals surface area (Å²) in [7, 11) is -3.95. The van der Waals surface area contributed by atoms with E-state index >= 15 is 0 Å². The lowest BCUT2D eigenvalue weighted by Gasteiger charge is -2.40. The van der Waals surface area contributed by atoms with Crippen LogP contribution in [0.5, 0.6) is 0 Å². The average Bonchev–Trinajstić information content (AvgIpc) is 3.34. The average molecular weight is 489 g/mol. The summed E-state index contributed by atoms with van der Waals surface area (Å²) in [6.07, 6.45) is 4.86. The molecule has 12 heteroatoms. The predicted octanol–water partition coefficient (Wildman–Crippen LogP) is 2.19. The fourth-order valence-corrected chi connectivity index (χ4v) is 6.96. The first-order valence-corrected chi connectivity index (χ1v) is 12.2. The van der Waals surface area contributed by atoms with E-state index in [-0.39, 0.29) is 44.4 Å². The summed E-state index contributed by atoms with van der Waals surface area (Å²) >= 11 is 1.55. The molecule has 2 aromatic heterocycles. The van der Waals surface area contributed by atoms with Crippen molar-refractivity contribution in [1.29, 1.82) is 0 Å². The second-order valence-electron chi connectivity index (χ2n) is 7.53. The number of sulfonamides is 1. The van der Waals surface area contributed by atoms with E-state index in [9.17, 15) is 13.2 Å². The molecular weight excluding hydrogens is 464 g/mol. The van der Waals surface area contributed by atoms with Gasteiger partial charge in [-0.2, -0.15) is 0 Å². The van der Waals surface area contributed by atoms with E-state index in [0.29, 0.717) is 25.9 Å². The highest BCUT2D eigenvalue weighted by molar-refractivity contribution is 7.91. The fraction of sp³-hybridized carbons (Fsp3) is 0.526. The van der Waals surface area contributed by atoms with E-state index in [4.69, 9.17) is 9.94 Å². The van der Waals surface area contributed by atoms with E-state index < -0.39 is 20.7 Å². The lowest BCUT2D eigenvalue weighted by Crippen LogP contribution is -2.60. The number of ether oxygens (including phenoxy) is 1. The number of nitrogens with one attached hydrogen (secondary N) is 1. The number of hydrogen-bond acceptors (Lipinski definition) is 8. The standard InChI is InChI=1S/C19H24N4O5S2.ClH/c24-18(22-25)19(5-10-28-11-6-19)30(26,27)23-8-3-14(4-9-23)16-2-1-15(13-21-16)17-20-7-12-29-17;/h1-2,7,12-14,25H,3-6,8-11H2,(H,22,24);1H. The quantitative estimate of drug-likeness (QED) is 0.488. The molecule has 4 heterocycles. The topological polar surface area (TPSA) is 122 Å². The minimum Gasteiger partial charge on any atom is -0.381 e. The van der Waals surface area contributed by atoms with Crippen LogP contribution in [0, 0.1) is 0 Å². The van der Waals surface area contributed by atoms with Gasteiger partial charge in [0.2, 0.25) is 10.0 Å². The van der Waals surface area contributed by atoms with Crippen molar-refractivity contribution in [3.8, 4) is 10.6 Å². The molecule has 2 N–H and O–H groups in total. The van der Waals surface area contributed by atoms with Gasteiger partial charge in [0.05, 0.1) is 0 Å². The number of nitrogens with zero attached hydrogens (tertiary/aromatic N) is 3. The van der Waals surface area contributed by atoms with Crippen LogP contribution in [0.15, 0.2) is 29.9 Å². The summed E-state index contributed by atoms with van der Waals surface area (Å²) in [5, 5.41) is 12.0. The number of pyridine rings is 1. The molecule has 31 heavy (non-hydrogen) atoms. The molecule has 170 valence electrons. The van der Waals surface area contributed by atoms with Gasteiger partial charge in [0.1, 0.15) is 5.01 Å². The molecule has 9 nitrogen and oxygen atoms in total. The second-order valence-corrected chi connectivity index (χ2v) is 10.7. The molecule has 2 aliphatic heterocycles. The Morgan fingerprint density at radius 1 is 1.23 bits per heavy atom. The van der Waals surface area contributed by atoms with E-state index in [2.05, 4.69) is 9.97 Å². The van der Waals surface area contributed by atoms with Crippen LogP contribution in [0.2, 0.25) is 0 Å². The maximum atomic E-state index is 13.4. The van der Waals surface area contributed by atoms with Crippen molar-refractivity contribution in [2.45, 2.75) is 36.3 Å². The highest BCUT2D eigenvalue weighted by Crippen LogP contribution is 2.36. The molecule has 0 atom stereocenters. The highest BCUT2D eigenvalue weighted by Gasteiger charge is 2.54. The maximum Gasteiger partial charge on any atom is 0.266 e. The largest absolute Gasteiger partial charge is 0.381 e. The maximum absolute atomic E-state index is 13.4. The zero-order valence-electron chi connectivity index (χ0n) is 16.8. The number of amides is 1. The lowest BCUT2D eigenvalue weighted by molar-refractivity contribution is -0.134. The van der Waals surface area contributed by atoms with Gasteiger partial charge in [-0.15, -0.1) is 23.7 Å². The first-order valence-electron chi connectivity index (χ1n) is 9.86. The second kappa shape index (κ2) is 9.88. The Kier molecular flexibility index (Phi) is 7.66. The van der Waals surface area contributed by atoms with Gasteiger partial charge >= 0.3 is 0 Å². The van der Waals surface area contributed by atoms with Crippen molar-refractivity contribution >= 4 is 39.7 Å². The molecule has 0 radical (unpaired) electrons. The van der Waals surface area contributed by atoms with Crippen LogP contribution >= 0.6 is 23.7 Å². The Morgan fingerprint density at radius 2 is 1.94 bits per heavy atom. The van der Waals surface area contributed by atoms with Crippen molar-refractivity contribution in [3.05, 3.63) is 35.6 Å². The molecule has 2 fully saturated rings. The number of hydrogen-bond donors (Lipinski definition) is 2. The smallest absolute Gasteiger partial charge is 0.266 e. The van der Waals surface area contributed by atoms with E-state index in [1.54, 1.807) is 29.2 Å². The Hall–Kier alpha value is -1.63.